The number of hydrogen-bond donors (Lipinski definition) is 1. The number of aliphatic hydroxyl groups is 1. The van der Waals surface area contributed by atoms with Gasteiger partial charge < -0.3 is 9.84 Å². The minimum absolute atomic E-state index is 0.133. The topological polar surface area (TPSA) is 66.8 Å². The number of ketones is 1. The summed E-state index contributed by atoms with van der Waals surface area (Å²) >= 11 is 0. The van der Waals surface area contributed by atoms with Crippen LogP contribution in [-0.2, 0) is 9.59 Å². The van der Waals surface area contributed by atoms with Gasteiger partial charge in [-0.2, -0.15) is 0 Å². The Labute approximate surface area is 165 Å². The molecule has 1 unspecified atom stereocenters. The summed E-state index contributed by atoms with van der Waals surface area (Å²) in [6, 6.07) is 12.3. The number of aryl methyl sites for hydroxylation is 2. The van der Waals surface area contributed by atoms with Crippen LogP contribution in [0.2, 0.25) is 0 Å². The van der Waals surface area contributed by atoms with Crippen molar-refractivity contribution in [3.05, 3.63) is 70.5 Å². The van der Waals surface area contributed by atoms with Gasteiger partial charge in [-0.3, -0.25) is 14.5 Å². The lowest BCUT2D eigenvalue weighted by atomic mass is 9.91. The van der Waals surface area contributed by atoms with E-state index >= 15 is 0 Å². The van der Waals surface area contributed by atoms with Gasteiger partial charge in [-0.05, 0) is 48.7 Å². The fraction of sp³-hybridized carbons (Fsp3) is 0.304. The van der Waals surface area contributed by atoms with Crippen LogP contribution in [0.5, 0.6) is 5.75 Å². The quantitative estimate of drug-likeness (QED) is 0.834. The molecule has 0 spiro atoms. The Kier molecular flexibility index (Phi) is 5.27. The highest BCUT2D eigenvalue weighted by atomic mass is 16.5. The van der Waals surface area contributed by atoms with Crippen molar-refractivity contribution in [1.82, 2.24) is 0 Å². The Hall–Kier alpha value is -3.08. The molecule has 2 aromatic rings. The third kappa shape index (κ3) is 3.28. The number of Topliss-reactive ketones (excluding diaryl/α,β-unsaturated/α-hetero) is 1. The maximum atomic E-state index is 13.1. The number of rotatable bonds is 5. The van der Waals surface area contributed by atoms with Crippen molar-refractivity contribution in [3.8, 4) is 5.75 Å². The van der Waals surface area contributed by atoms with Crippen LogP contribution in [0.15, 0.2) is 53.8 Å². The monoisotopic (exact) mass is 379 g/mol. The summed E-state index contributed by atoms with van der Waals surface area (Å²) in [6.45, 7) is 7.37. The van der Waals surface area contributed by atoms with Gasteiger partial charge in [0.15, 0.2) is 11.5 Å². The summed E-state index contributed by atoms with van der Waals surface area (Å²) < 4.78 is 5.33. The standard InChI is InChI=1S/C23H25NO4/c1-13(2)21(25)19-20(16-7-6-8-17(12-16)28-5)24(23(27)22(19)26)18-11-14(3)9-10-15(18)4/h6-13,20,26H,1-5H3. The van der Waals surface area contributed by atoms with Crippen molar-refractivity contribution in [1.29, 1.82) is 0 Å². The van der Waals surface area contributed by atoms with Crippen LogP contribution in [0.1, 0.15) is 36.6 Å². The highest BCUT2D eigenvalue weighted by Gasteiger charge is 2.45. The SMILES string of the molecule is COc1cccc(C2C(C(=O)C(C)C)=C(O)C(=O)N2c2cc(C)ccc2C)c1. The highest BCUT2D eigenvalue weighted by Crippen LogP contribution is 2.43. The van der Waals surface area contributed by atoms with E-state index in [-0.39, 0.29) is 17.3 Å². The van der Waals surface area contributed by atoms with Crippen LogP contribution in [0.3, 0.4) is 0 Å². The lowest BCUT2D eigenvalue weighted by Gasteiger charge is -2.29. The van der Waals surface area contributed by atoms with Gasteiger partial charge in [0, 0.05) is 11.6 Å². The summed E-state index contributed by atoms with van der Waals surface area (Å²) in [5, 5.41) is 10.7. The van der Waals surface area contributed by atoms with Crippen molar-refractivity contribution in [2.75, 3.05) is 12.0 Å². The molecule has 28 heavy (non-hydrogen) atoms. The van der Waals surface area contributed by atoms with Crippen molar-refractivity contribution in [2.45, 2.75) is 33.7 Å². The van der Waals surface area contributed by atoms with Crippen LogP contribution in [0, 0.1) is 19.8 Å². The summed E-state index contributed by atoms with van der Waals surface area (Å²) in [7, 11) is 1.56. The normalized spacial score (nSPS) is 16.9. The molecule has 3 rings (SSSR count). The van der Waals surface area contributed by atoms with Gasteiger partial charge in [-0.25, -0.2) is 0 Å². The van der Waals surface area contributed by atoms with E-state index in [1.54, 1.807) is 33.1 Å². The van der Waals surface area contributed by atoms with E-state index in [1.165, 1.54) is 4.90 Å². The molecular weight excluding hydrogens is 354 g/mol. The zero-order chi connectivity index (χ0) is 20.6. The van der Waals surface area contributed by atoms with Crippen LogP contribution in [0.4, 0.5) is 5.69 Å². The van der Waals surface area contributed by atoms with Gasteiger partial charge in [0.25, 0.3) is 5.91 Å². The molecule has 1 heterocycles. The minimum atomic E-state index is -0.710. The number of hydrogen-bond acceptors (Lipinski definition) is 4. The minimum Gasteiger partial charge on any atom is -0.503 e. The lowest BCUT2D eigenvalue weighted by Crippen LogP contribution is -2.32. The van der Waals surface area contributed by atoms with Crippen molar-refractivity contribution in [3.63, 3.8) is 0 Å². The molecule has 1 aliphatic rings. The Morgan fingerprint density at radius 2 is 1.86 bits per heavy atom. The Bertz CT molecular complexity index is 974. The molecule has 1 aliphatic heterocycles. The number of carbonyl (C=O) groups is 2. The second-order valence-corrected chi connectivity index (χ2v) is 7.43. The third-order valence-electron chi connectivity index (χ3n) is 5.03. The first kappa shape index (κ1) is 19.7. The summed E-state index contributed by atoms with van der Waals surface area (Å²) in [6.07, 6.45) is 0. The van der Waals surface area contributed by atoms with Crippen LogP contribution < -0.4 is 9.64 Å². The molecule has 1 N–H and O–H groups in total. The zero-order valence-corrected chi connectivity index (χ0v) is 16.8. The average molecular weight is 379 g/mol. The number of ether oxygens (including phenoxy) is 1. The van der Waals surface area contributed by atoms with Gasteiger partial charge in [0.2, 0.25) is 0 Å². The van der Waals surface area contributed by atoms with E-state index in [4.69, 9.17) is 4.74 Å². The van der Waals surface area contributed by atoms with Crippen molar-refractivity contribution in [2.24, 2.45) is 5.92 Å². The number of amides is 1. The lowest BCUT2D eigenvalue weighted by molar-refractivity contribution is -0.119. The van der Waals surface area contributed by atoms with E-state index in [1.807, 2.05) is 44.2 Å². The summed E-state index contributed by atoms with van der Waals surface area (Å²) in [5.74, 6) is -1.02. The zero-order valence-electron chi connectivity index (χ0n) is 16.8. The number of carbonyl (C=O) groups excluding carboxylic acids is 2. The molecule has 0 bridgehead atoms. The molecule has 2 aromatic carbocycles. The molecule has 0 saturated heterocycles. The molecule has 0 saturated carbocycles. The largest absolute Gasteiger partial charge is 0.503 e. The van der Waals surface area contributed by atoms with Crippen molar-refractivity contribution < 1.29 is 19.4 Å². The second kappa shape index (κ2) is 7.50. The average Bonchev–Trinajstić information content (AvgIpc) is 2.94. The van der Waals surface area contributed by atoms with Gasteiger partial charge in [0.1, 0.15) is 5.75 Å². The number of benzene rings is 2. The van der Waals surface area contributed by atoms with Crippen LogP contribution in [0.25, 0.3) is 0 Å². The Morgan fingerprint density at radius 1 is 1.14 bits per heavy atom. The fourth-order valence-corrected chi connectivity index (χ4v) is 3.52. The van der Waals surface area contributed by atoms with Gasteiger partial charge in [-0.15, -0.1) is 0 Å². The predicted molar refractivity (Wildman–Crippen MR) is 109 cm³/mol. The molecular formula is C23H25NO4. The first-order valence-corrected chi connectivity index (χ1v) is 9.28. The molecule has 1 atom stereocenters. The maximum absolute atomic E-state index is 13.1. The number of anilines is 1. The van der Waals surface area contributed by atoms with E-state index < -0.39 is 17.7 Å². The highest BCUT2D eigenvalue weighted by molar-refractivity contribution is 6.17. The van der Waals surface area contributed by atoms with Gasteiger partial charge in [0.05, 0.1) is 18.7 Å². The molecule has 0 aromatic heterocycles. The summed E-state index contributed by atoms with van der Waals surface area (Å²) in [5.41, 5.74) is 3.39. The van der Waals surface area contributed by atoms with Crippen LogP contribution in [-0.4, -0.2) is 23.9 Å². The first-order chi connectivity index (χ1) is 13.3. The molecule has 146 valence electrons. The molecule has 1 amide bonds. The first-order valence-electron chi connectivity index (χ1n) is 9.28. The molecule has 0 fully saturated rings. The van der Waals surface area contributed by atoms with E-state index in [0.717, 1.165) is 11.1 Å². The summed E-state index contributed by atoms with van der Waals surface area (Å²) in [4.78, 5) is 27.5. The number of methoxy groups -OCH3 is 1. The van der Waals surface area contributed by atoms with Crippen molar-refractivity contribution >= 4 is 17.4 Å². The molecule has 5 nitrogen and oxygen atoms in total. The Balaban J connectivity index is 2.25. The fourth-order valence-electron chi connectivity index (χ4n) is 3.52. The number of aliphatic hydroxyl groups excluding tert-OH is 1. The van der Waals surface area contributed by atoms with E-state index in [0.29, 0.717) is 17.0 Å². The van der Waals surface area contributed by atoms with E-state index in [9.17, 15) is 14.7 Å². The predicted octanol–water partition coefficient (Wildman–Crippen LogP) is 4.44. The second-order valence-electron chi connectivity index (χ2n) is 7.43. The van der Waals surface area contributed by atoms with Gasteiger partial charge >= 0.3 is 0 Å². The van der Waals surface area contributed by atoms with E-state index in [2.05, 4.69) is 0 Å². The molecule has 5 heteroatoms. The van der Waals surface area contributed by atoms with Gasteiger partial charge in [-0.1, -0.05) is 38.1 Å². The number of nitrogens with zero attached hydrogens (tertiary/aromatic N) is 1. The molecule has 0 aliphatic carbocycles. The smallest absolute Gasteiger partial charge is 0.294 e. The molecule has 0 radical (unpaired) electrons. The maximum Gasteiger partial charge on any atom is 0.294 e. The third-order valence-corrected chi connectivity index (χ3v) is 5.03. The van der Waals surface area contributed by atoms with Crippen LogP contribution >= 0.6 is 0 Å². The Morgan fingerprint density at radius 3 is 2.50 bits per heavy atom.